The first-order chi connectivity index (χ1) is 14.0. The van der Waals surface area contributed by atoms with Gasteiger partial charge in [-0.25, -0.2) is 18.5 Å². The molecule has 0 fully saturated rings. The van der Waals surface area contributed by atoms with Gasteiger partial charge in [0.05, 0.1) is 12.7 Å². The van der Waals surface area contributed by atoms with Gasteiger partial charge >= 0.3 is 29.2 Å². The standard InChI is InChI=1S/C11H21ClN3O13P3/c1-6-4-15(11(18)14-10(6)13)9(17)2-8(16)7(3-12)5-26-30(22,23)28-31(24,25)27-29(19,20)21/h4,7-9,16-17H,2-3,5H2,1H3,(H,22,23)(H,24,25)(H2,13,14,18)(H2,19,20,21)/t7-,8-,9+/m0/s1. The van der Waals surface area contributed by atoms with Crippen LogP contribution in [0, 0.1) is 12.8 Å². The van der Waals surface area contributed by atoms with E-state index in [0.717, 1.165) is 4.57 Å². The van der Waals surface area contributed by atoms with E-state index in [4.69, 9.17) is 32.0 Å². The van der Waals surface area contributed by atoms with Crippen LogP contribution in [-0.2, 0) is 26.8 Å². The maximum Gasteiger partial charge on any atom is 0.490 e. The third-order valence-electron chi connectivity index (χ3n) is 3.56. The number of rotatable bonds is 12. The first-order valence-electron chi connectivity index (χ1n) is 8.02. The molecule has 1 aromatic heterocycles. The van der Waals surface area contributed by atoms with Gasteiger partial charge in [-0.3, -0.25) is 9.09 Å². The summed E-state index contributed by atoms with van der Waals surface area (Å²) in [6, 6.07) is 0. The molecule has 0 amide bonds. The zero-order chi connectivity index (χ0) is 24.2. The Morgan fingerprint density at radius 3 is 2.26 bits per heavy atom. The minimum absolute atomic E-state index is 0.0522. The zero-order valence-electron chi connectivity index (χ0n) is 15.7. The summed E-state index contributed by atoms with van der Waals surface area (Å²) in [6.45, 7) is 0.653. The summed E-state index contributed by atoms with van der Waals surface area (Å²) < 4.78 is 45.9. The molecule has 1 rings (SSSR count). The van der Waals surface area contributed by atoms with Gasteiger partial charge in [-0.15, -0.1) is 11.6 Å². The van der Waals surface area contributed by atoms with Crippen molar-refractivity contribution in [2.24, 2.45) is 5.92 Å². The molecule has 0 saturated heterocycles. The molecule has 20 heteroatoms. The summed E-state index contributed by atoms with van der Waals surface area (Å²) >= 11 is 5.66. The zero-order valence-corrected chi connectivity index (χ0v) is 19.1. The number of anilines is 1. The van der Waals surface area contributed by atoms with Gasteiger partial charge in [-0.2, -0.15) is 13.6 Å². The van der Waals surface area contributed by atoms with E-state index in [1.165, 1.54) is 13.1 Å². The number of phosphoric ester groups is 1. The van der Waals surface area contributed by atoms with Gasteiger partial charge in [0.25, 0.3) is 0 Å². The SMILES string of the molecule is Cc1cn([C@H](O)C[C@H](O)[C@@H](CCl)COP(=O)(O)OP(=O)(O)OP(=O)(O)O)c(=O)nc1N. The molecule has 180 valence electrons. The molecule has 0 aliphatic rings. The Hall–Kier alpha value is -0.700. The molecule has 5 atom stereocenters. The number of phosphoric acid groups is 3. The summed E-state index contributed by atoms with van der Waals surface area (Å²) in [4.78, 5) is 50.7. The lowest BCUT2D eigenvalue weighted by Crippen LogP contribution is -2.33. The van der Waals surface area contributed by atoms with E-state index < -0.39 is 66.3 Å². The van der Waals surface area contributed by atoms with Gasteiger partial charge < -0.3 is 35.5 Å². The van der Waals surface area contributed by atoms with Crippen molar-refractivity contribution in [1.29, 1.82) is 0 Å². The van der Waals surface area contributed by atoms with Crippen LogP contribution in [0.15, 0.2) is 11.0 Å². The number of aliphatic hydroxyl groups excluding tert-OH is 2. The van der Waals surface area contributed by atoms with Crippen LogP contribution < -0.4 is 11.4 Å². The monoisotopic (exact) mass is 531 g/mol. The van der Waals surface area contributed by atoms with Crippen molar-refractivity contribution in [1.82, 2.24) is 9.55 Å². The number of hydrogen-bond donors (Lipinski definition) is 7. The van der Waals surface area contributed by atoms with Crippen LogP contribution in [-0.4, -0.2) is 57.9 Å². The summed E-state index contributed by atoms with van der Waals surface area (Å²) in [7, 11) is -16.7. The Bertz CT molecular complexity index is 968. The van der Waals surface area contributed by atoms with Gasteiger partial charge in [0.2, 0.25) is 0 Å². The van der Waals surface area contributed by atoms with Gasteiger partial charge in [-0.1, -0.05) is 0 Å². The summed E-state index contributed by atoms with van der Waals surface area (Å²) in [5.74, 6) is -1.62. The lowest BCUT2D eigenvalue weighted by molar-refractivity contribution is 0.000701. The van der Waals surface area contributed by atoms with Crippen LogP contribution in [0.4, 0.5) is 5.82 Å². The van der Waals surface area contributed by atoms with E-state index >= 15 is 0 Å². The lowest BCUT2D eigenvalue weighted by Gasteiger charge is -2.24. The van der Waals surface area contributed by atoms with E-state index in [-0.39, 0.29) is 5.82 Å². The number of aromatic nitrogens is 2. The number of aryl methyl sites for hydroxylation is 1. The van der Waals surface area contributed by atoms with Crippen molar-refractivity contribution in [3.05, 3.63) is 22.2 Å². The highest BCUT2D eigenvalue weighted by atomic mass is 35.5. The Morgan fingerprint density at radius 1 is 1.16 bits per heavy atom. The molecule has 1 heterocycles. The molecule has 0 aromatic carbocycles. The van der Waals surface area contributed by atoms with Crippen LogP contribution in [0.25, 0.3) is 0 Å². The molecule has 0 radical (unpaired) electrons. The molecule has 1 aromatic rings. The second kappa shape index (κ2) is 10.9. The third kappa shape index (κ3) is 9.76. The van der Waals surface area contributed by atoms with E-state index in [9.17, 15) is 33.6 Å². The molecular formula is C11H21ClN3O13P3. The van der Waals surface area contributed by atoms with Crippen molar-refractivity contribution in [2.45, 2.75) is 25.7 Å². The summed E-state index contributed by atoms with van der Waals surface area (Å²) in [6.07, 6.45) is -2.43. The van der Waals surface area contributed by atoms with Gasteiger partial charge in [-0.05, 0) is 6.92 Å². The van der Waals surface area contributed by atoms with Crippen LogP contribution in [0.5, 0.6) is 0 Å². The first-order valence-corrected chi connectivity index (χ1v) is 13.1. The highest BCUT2D eigenvalue weighted by molar-refractivity contribution is 7.66. The number of nitrogens with zero attached hydrogens (tertiary/aromatic N) is 2. The fourth-order valence-corrected chi connectivity index (χ4v) is 5.44. The van der Waals surface area contributed by atoms with Crippen molar-refractivity contribution in [3.8, 4) is 0 Å². The molecule has 16 nitrogen and oxygen atoms in total. The Kier molecular flexibility index (Phi) is 10.0. The van der Waals surface area contributed by atoms with Gasteiger partial charge in [0.1, 0.15) is 12.0 Å². The molecule has 2 unspecified atom stereocenters. The van der Waals surface area contributed by atoms with E-state index in [1.54, 1.807) is 0 Å². The van der Waals surface area contributed by atoms with Gasteiger partial charge in [0.15, 0.2) is 0 Å². The average Bonchev–Trinajstić information content (AvgIpc) is 2.55. The number of alkyl halides is 1. The number of aliphatic hydroxyl groups is 2. The molecule has 31 heavy (non-hydrogen) atoms. The molecule has 0 bridgehead atoms. The van der Waals surface area contributed by atoms with Crippen LogP contribution >= 0.6 is 35.1 Å². The number of nitrogens with two attached hydrogens (primary N) is 1. The number of hydrogen-bond acceptors (Lipinski definition) is 11. The Labute approximate surface area is 179 Å². The highest BCUT2D eigenvalue weighted by Gasteiger charge is 2.41. The highest BCUT2D eigenvalue weighted by Crippen LogP contribution is 2.66. The van der Waals surface area contributed by atoms with E-state index in [2.05, 4.69) is 18.1 Å². The fourth-order valence-electron chi connectivity index (χ4n) is 2.07. The van der Waals surface area contributed by atoms with E-state index in [1.807, 2.05) is 0 Å². The maximum atomic E-state index is 11.8. The lowest BCUT2D eigenvalue weighted by atomic mass is 10.0. The first kappa shape index (κ1) is 28.3. The van der Waals surface area contributed by atoms with Crippen molar-refractivity contribution >= 4 is 40.9 Å². The van der Waals surface area contributed by atoms with Crippen LogP contribution in [0.1, 0.15) is 18.2 Å². The maximum absolute atomic E-state index is 11.8. The van der Waals surface area contributed by atoms with Crippen molar-refractivity contribution < 1.29 is 56.6 Å². The Balaban J connectivity index is 2.78. The molecular weight excluding hydrogens is 511 g/mol. The number of nitrogen functional groups attached to an aromatic ring is 1. The van der Waals surface area contributed by atoms with Crippen molar-refractivity contribution in [2.75, 3.05) is 18.2 Å². The summed E-state index contributed by atoms with van der Waals surface area (Å²) in [5.41, 5.74) is 4.94. The average molecular weight is 532 g/mol. The molecule has 0 aliphatic heterocycles. The smallest absolute Gasteiger partial charge is 0.393 e. The fraction of sp³-hybridized carbons (Fsp3) is 0.636. The topological polar surface area (TPSA) is 261 Å². The Morgan fingerprint density at radius 2 is 1.74 bits per heavy atom. The third-order valence-corrected chi connectivity index (χ3v) is 7.76. The van der Waals surface area contributed by atoms with E-state index in [0.29, 0.717) is 5.56 Å². The summed E-state index contributed by atoms with van der Waals surface area (Å²) in [5, 5.41) is 20.4. The van der Waals surface area contributed by atoms with Gasteiger partial charge in [0, 0.05) is 30.0 Å². The minimum atomic E-state index is -5.70. The van der Waals surface area contributed by atoms with Crippen LogP contribution in [0.3, 0.4) is 0 Å². The largest absolute Gasteiger partial charge is 0.490 e. The predicted octanol–water partition coefficient (Wildman–Crippen LogP) is -0.426. The minimum Gasteiger partial charge on any atom is -0.393 e. The predicted molar refractivity (Wildman–Crippen MR) is 104 cm³/mol. The molecule has 8 N–H and O–H groups in total. The second-order valence-corrected chi connectivity index (χ2v) is 10.8. The van der Waals surface area contributed by atoms with Crippen LogP contribution in [0.2, 0.25) is 0 Å². The quantitative estimate of drug-likeness (QED) is 0.133. The second-order valence-electron chi connectivity index (χ2n) is 6.08. The number of halogens is 1. The molecule has 0 aliphatic carbocycles. The molecule has 0 spiro atoms. The normalized spacial score (nSPS) is 19.2. The molecule has 0 saturated carbocycles. The van der Waals surface area contributed by atoms with Crippen molar-refractivity contribution in [3.63, 3.8) is 0 Å².